The topological polar surface area (TPSA) is 64.6 Å². The zero-order chi connectivity index (χ0) is 23.0. The average Bonchev–Trinajstić information content (AvgIpc) is 2.73. The Kier molecular flexibility index (Phi) is 9.25. The number of carbonyl (C=O) groups excluding carboxylic acids is 1. The van der Waals surface area contributed by atoms with Gasteiger partial charge in [-0.15, -0.1) is 0 Å². The third kappa shape index (κ3) is 6.41. The standard InChI is InChI=1S/C25H34ClN3O2/c1-6-9-13-29(14-10-7-2)19-11-12-21(17(4)15-19)28-22-16-23(27-18(5)30)25(31)24(26)20(22)8-3/h8,11-12,15-16,28,31H,3,6-7,9-10,13-14H2,1-2,4-5H3,(H,27,30). The Hall–Kier alpha value is -2.66. The van der Waals surface area contributed by atoms with Crippen LogP contribution in [-0.4, -0.2) is 24.1 Å². The number of hydrogen-bond donors (Lipinski definition) is 3. The highest BCUT2D eigenvalue weighted by molar-refractivity contribution is 6.34. The Bertz CT molecular complexity index is 919. The maximum absolute atomic E-state index is 11.5. The van der Waals surface area contributed by atoms with Gasteiger partial charge in [-0.1, -0.05) is 50.9 Å². The predicted molar refractivity (Wildman–Crippen MR) is 134 cm³/mol. The number of aryl methyl sites for hydroxylation is 1. The minimum atomic E-state index is -0.288. The molecule has 0 saturated carbocycles. The number of benzene rings is 2. The quantitative estimate of drug-likeness (QED) is 0.256. The largest absolute Gasteiger partial charge is 0.504 e. The Labute approximate surface area is 191 Å². The first-order valence-electron chi connectivity index (χ1n) is 10.9. The molecule has 31 heavy (non-hydrogen) atoms. The van der Waals surface area contributed by atoms with Gasteiger partial charge in [-0.2, -0.15) is 0 Å². The van der Waals surface area contributed by atoms with Gasteiger partial charge in [0.1, 0.15) is 0 Å². The number of nitrogens with one attached hydrogen (secondary N) is 2. The Morgan fingerprint density at radius 2 is 1.77 bits per heavy atom. The van der Waals surface area contributed by atoms with E-state index in [2.05, 4.69) is 61.1 Å². The third-order valence-electron chi connectivity index (χ3n) is 5.20. The summed E-state index contributed by atoms with van der Waals surface area (Å²) in [6, 6.07) is 8.05. The summed E-state index contributed by atoms with van der Waals surface area (Å²) in [5, 5.41) is 16.5. The summed E-state index contributed by atoms with van der Waals surface area (Å²) in [5.74, 6) is -0.463. The Morgan fingerprint density at radius 1 is 1.13 bits per heavy atom. The zero-order valence-corrected chi connectivity index (χ0v) is 19.8. The molecule has 0 bridgehead atoms. The minimum Gasteiger partial charge on any atom is -0.504 e. The second-order valence-corrected chi connectivity index (χ2v) is 8.13. The molecule has 2 aromatic carbocycles. The van der Waals surface area contributed by atoms with Crippen LogP contribution in [0.1, 0.15) is 57.6 Å². The third-order valence-corrected chi connectivity index (χ3v) is 5.58. The number of unbranched alkanes of at least 4 members (excludes halogenated alkanes) is 2. The molecule has 0 fully saturated rings. The number of hydrogen-bond acceptors (Lipinski definition) is 4. The highest BCUT2D eigenvalue weighted by atomic mass is 35.5. The van der Waals surface area contributed by atoms with Crippen LogP contribution in [0.15, 0.2) is 30.8 Å². The molecule has 0 aromatic heterocycles. The highest BCUT2D eigenvalue weighted by Crippen LogP contribution is 2.41. The smallest absolute Gasteiger partial charge is 0.221 e. The van der Waals surface area contributed by atoms with Crippen LogP contribution in [0.2, 0.25) is 5.02 Å². The van der Waals surface area contributed by atoms with Crippen molar-refractivity contribution >= 4 is 46.3 Å². The van der Waals surface area contributed by atoms with Crippen molar-refractivity contribution in [1.82, 2.24) is 0 Å². The minimum absolute atomic E-state index is 0.142. The molecular weight excluding hydrogens is 410 g/mol. The van der Waals surface area contributed by atoms with Crippen molar-refractivity contribution in [3.05, 3.63) is 47.0 Å². The molecule has 0 aliphatic heterocycles. The van der Waals surface area contributed by atoms with Crippen molar-refractivity contribution < 1.29 is 9.90 Å². The number of nitrogens with zero attached hydrogens (tertiary/aromatic N) is 1. The molecule has 0 saturated heterocycles. The lowest BCUT2D eigenvalue weighted by Crippen LogP contribution is -2.25. The number of aromatic hydroxyl groups is 1. The van der Waals surface area contributed by atoms with E-state index in [9.17, 15) is 9.90 Å². The Morgan fingerprint density at radius 3 is 2.29 bits per heavy atom. The molecule has 2 rings (SSSR count). The van der Waals surface area contributed by atoms with Crippen molar-refractivity contribution in [2.75, 3.05) is 28.6 Å². The van der Waals surface area contributed by atoms with E-state index in [1.807, 2.05) is 0 Å². The van der Waals surface area contributed by atoms with E-state index in [1.54, 1.807) is 12.1 Å². The fourth-order valence-corrected chi connectivity index (χ4v) is 3.72. The van der Waals surface area contributed by atoms with Crippen LogP contribution >= 0.6 is 11.6 Å². The van der Waals surface area contributed by atoms with Gasteiger partial charge in [0, 0.05) is 42.6 Å². The molecule has 2 aromatic rings. The monoisotopic (exact) mass is 443 g/mol. The van der Waals surface area contributed by atoms with Crippen LogP contribution in [0.4, 0.5) is 22.7 Å². The first-order chi connectivity index (χ1) is 14.8. The second-order valence-electron chi connectivity index (χ2n) is 7.75. The lowest BCUT2D eigenvalue weighted by Gasteiger charge is -2.26. The predicted octanol–water partition coefficient (Wildman–Crippen LogP) is 7.11. The Balaban J connectivity index is 2.37. The van der Waals surface area contributed by atoms with Crippen molar-refractivity contribution in [3.8, 4) is 5.75 Å². The molecule has 0 heterocycles. The lowest BCUT2D eigenvalue weighted by molar-refractivity contribution is -0.114. The summed E-state index contributed by atoms with van der Waals surface area (Å²) >= 11 is 6.34. The second kappa shape index (κ2) is 11.7. The van der Waals surface area contributed by atoms with Crippen molar-refractivity contribution in [2.45, 2.75) is 53.4 Å². The van der Waals surface area contributed by atoms with Crippen LogP contribution in [0.5, 0.6) is 5.75 Å². The molecule has 168 valence electrons. The van der Waals surface area contributed by atoms with Crippen LogP contribution in [0, 0.1) is 6.92 Å². The number of halogens is 1. The SMILES string of the molecule is C=Cc1c(Nc2ccc(N(CCCC)CCCC)cc2C)cc(NC(C)=O)c(O)c1Cl. The van der Waals surface area contributed by atoms with Crippen LogP contribution < -0.4 is 15.5 Å². The maximum atomic E-state index is 11.5. The van der Waals surface area contributed by atoms with Crippen molar-refractivity contribution in [1.29, 1.82) is 0 Å². The van der Waals surface area contributed by atoms with Gasteiger partial charge >= 0.3 is 0 Å². The number of anilines is 4. The first kappa shape index (κ1) is 24.6. The summed E-state index contributed by atoms with van der Waals surface area (Å²) in [6.45, 7) is 13.8. The molecule has 0 atom stereocenters. The normalized spacial score (nSPS) is 10.6. The summed E-state index contributed by atoms with van der Waals surface area (Å²) in [4.78, 5) is 13.9. The van der Waals surface area contributed by atoms with E-state index in [4.69, 9.17) is 11.6 Å². The maximum Gasteiger partial charge on any atom is 0.221 e. The van der Waals surface area contributed by atoms with Gasteiger partial charge in [-0.3, -0.25) is 4.79 Å². The van der Waals surface area contributed by atoms with Crippen molar-refractivity contribution in [3.63, 3.8) is 0 Å². The van der Waals surface area contributed by atoms with Gasteiger partial charge in [-0.05, 0) is 49.6 Å². The molecule has 5 nitrogen and oxygen atoms in total. The van der Waals surface area contributed by atoms with Crippen LogP contribution in [0.3, 0.4) is 0 Å². The van der Waals surface area contributed by atoms with Crippen molar-refractivity contribution in [2.24, 2.45) is 0 Å². The van der Waals surface area contributed by atoms with Gasteiger partial charge in [0.2, 0.25) is 5.91 Å². The zero-order valence-electron chi connectivity index (χ0n) is 19.0. The van der Waals surface area contributed by atoms with E-state index in [-0.39, 0.29) is 22.4 Å². The van der Waals surface area contributed by atoms with E-state index >= 15 is 0 Å². The number of phenols is 1. The van der Waals surface area contributed by atoms with Gasteiger partial charge in [0.05, 0.1) is 10.7 Å². The number of phenolic OH excluding ortho intramolecular Hbond substituents is 1. The molecule has 0 aliphatic rings. The van der Waals surface area contributed by atoms with E-state index in [1.165, 1.54) is 38.3 Å². The molecule has 0 spiro atoms. The van der Waals surface area contributed by atoms with Crippen LogP contribution in [-0.2, 0) is 4.79 Å². The molecule has 0 unspecified atom stereocenters. The molecule has 0 radical (unpaired) electrons. The van der Waals surface area contributed by atoms with Gasteiger partial charge in [-0.25, -0.2) is 0 Å². The van der Waals surface area contributed by atoms with Gasteiger partial charge < -0.3 is 20.6 Å². The summed E-state index contributed by atoms with van der Waals surface area (Å²) in [7, 11) is 0. The number of rotatable bonds is 11. The molecule has 6 heteroatoms. The summed E-state index contributed by atoms with van der Waals surface area (Å²) < 4.78 is 0. The average molecular weight is 444 g/mol. The molecule has 3 N–H and O–H groups in total. The number of amides is 1. The van der Waals surface area contributed by atoms with E-state index in [0.29, 0.717) is 11.3 Å². The van der Waals surface area contributed by atoms with Gasteiger partial charge in [0.15, 0.2) is 5.75 Å². The summed E-state index contributed by atoms with van der Waals surface area (Å²) in [5.41, 5.74) is 4.72. The first-order valence-corrected chi connectivity index (χ1v) is 11.3. The number of carbonyl (C=O) groups is 1. The fraction of sp³-hybridized carbons (Fsp3) is 0.400. The highest BCUT2D eigenvalue weighted by Gasteiger charge is 2.16. The van der Waals surface area contributed by atoms with E-state index in [0.717, 1.165) is 24.3 Å². The molecule has 0 aliphatic carbocycles. The molecular formula is C25H34ClN3O2. The lowest BCUT2D eigenvalue weighted by atomic mass is 10.1. The fourth-order valence-electron chi connectivity index (χ4n) is 3.44. The van der Waals surface area contributed by atoms with Crippen LogP contribution in [0.25, 0.3) is 6.08 Å². The summed E-state index contributed by atoms with van der Waals surface area (Å²) in [6.07, 6.45) is 6.27. The van der Waals surface area contributed by atoms with Gasteiger partial charge in [0.25, 0.3) is 0 Å². The molecule has 1 amide bonds. The van der Waals surface area contributed by atoms with E-state index < -0.39 is 0 Å².